The molecule has 150 valence electrons. The van der Waals surface area contributed by atoms with Gasteiger partial charge in [0, 0.05) is 11.1 Å². The number of halogens is 1. The maximum atomic E-state index is 13.5. The molecule has 0 fully saturated rings. The van der Waals surface area contributed by atoms with Gasteiger partial charge < -0.3 is 0 Å². The predicted molar refractivity (Wildman–Crippen MR) is 123 cm³/mol. The van der Waals surface area contributed by atoms with Gasteiger partial charge in [-0.05, 0) is 43.2 Å². The first-order chi connectivity index (χ1) is 14.4. The van der Waals surface area contributed by atoms with Crippen LogP contribution in [0, 0.1) is 6.92 Å². The molecule has 0 bridgehead atoms. The normalized spacial score (nSPS) is 10.9. The van der Waals surface area contributed by atoms with Gasteiger partial charge in [-0.25, -0.2) is 4.98 Å². The number of rotatable bonds is 5. The van der Waals surface area contributed by atoms with Gasteiger partial charge in [0.2, 0.25) is 0 Å². The minimum absolute atomic E-state index is 0.0357. The number of ketones is 1. The Morgan fingerprint density at radius 1 is 0.967 bits per heavy atom. The number of aryl methyl sites for hydroxylation is 1. The van der Waals surface area contributed by atoms with E-state index in [1.807, 2.05) is 49.4 Å². The number of hydrogen-bond donors (Lipinski definition) is 0. The van der Waals surface area contributed by atoms with Crippen molar-refractivity contribution in [3.05, 3.63) is 94.0 Å². The summed E-state index contributed by atoms with van der Waals surface area (Å²) >= 11 is 7.79. The summed E-state index contributed by atoms with van der Waals surface area (Å²) in [6.07, 6.45) is 0. The Labute approximate surface area is 183 Å². The molecule has 4 nitrogen and oxygen atoms in total. The highest BCUT2D eigenvalue weighted by Gasteiger charge is 2.23. The smallest absolute Gasteiger partial charge is 0.260 e. The molecule has 0 saturated heterocycles. The Morgan fingerprint density at radius 3 is 2.27 bits per heavy atom. The standard InChI is InChI=1S/C24H19ClN2O2S/c1-15-8-13-20(25)22-21(15)26-24(30-22)27(14-17-6-4-3-5-7-17)23(29)19-11-9-18(10-12-19)16(2)28/h3-13H,14H2,1-2H3. The molecule has 4 rings (SSSR count). The SMILES string of the molecule is CC(=O)c1ccc(C(=O)N(Cc2ccccc2)c2nc3c(C)ccc(Cl)c3s2)cc1. The first kappa shape index (κ1) is 20.3. The Kier molecular flexibility index (Phi) is 5.66. The van der Waals surface area contributed by atoms with Gasteiger partial charge in [-0.2, -0.15) is 0 Å². The van der Waals surface area contributed by atoms with Gasteiger partial charge in [0.15, 0.2) is 10.9 Å². The molecule has 0 saturated carbocycles. The monoisotopic (exact) mass is 434 g/mol. The molecule has 30 heavy (non-hydrogen) atoms. The molecular weight excluding hydrogens is 416 g/mol. The fourth-order valence-electron chi connectivity index (χ4n) is 3.20. The minimum Gasteiger partial charge on any atom is -0.295 e. The largest absolute Gasteiger partial charge is 0.295 e. The lowest BCUT2D eigenvalue weighted by molar-refractivity contribution is 0.0981. The number of carbonyl (C=O) groups excluding carboxylic acids is 2. The number of benzene rings is 3. The van der Waals surface area contributed by atoms with Gasteiger partial charge >= 0.3 is 0 Å². The fraction of sp³-hybridized carbons (Fsp3) is 0.125. The highest BCUT2D eigenvalue weighted by atomic mass is 35.5. The zero-order valence-corrected chi connectivity index (χ0v) is 18.1. The second-order valence-electron chi connectivity index (χ2n) is 7.05. The van der Waals surface area contributed by atoms with Crippen LogP contribution >= 0.6 is 22.9 Å². The molecule has 1 amide bonds. The van der Waals surface area contributed by atoms with Crippen molar-refractivity contribution in [1.29, 1.82) is 0 Å². The molecule has 3 aromatic carbocycles. The number of aromatic nitrogens is 1. The van der Waals surface area contributed by atoms with Crippen LogP contribution < -0.4 is 4.90 Å². The maximum Gasteiger partial charge on any atom is 0.260 e. The second kappa shape index (κ2) is 8.38. The summed E-state index contributed by atoms with van der Waals surface area (Å²) in [6.45, 7) is 3.86. The first-order valence-corrected chi connectivity index (χ1v) is 10.7. The van der Waals surface area contributed by atoms with Crippen molar-refractivity contribution in [2.45, 2.75) is 20.4 Å². The quantitative estimate of drug-likeness (QED) is 0.346. The zero-order valence-electron chi connectivity index (χ0n) is 16.6. The van der Waals surface area contributed by atoms with Crippen molar-refractivity contribution < 1.29 is 9.59 Å². The second-order valence-corrected chi connectivity index (χ2v) is 8.43. The van der Waals surface area contributed by atoms with Crippen molar-refractivity contribution in [1.82, 2.24) is 4.98 Å². The van der Waals surface area contributed by atoms with Gasteiger partial charge in [-0.15, -0.1) is 0 Å². The minimum atomic E-state index is -0.179. The van der Waals surface area contributed by atoms with Crippen molar-refractivity contribution >= 4 is 50.0 Å². The number of hydrogen-bond acceptors (Lipinski definition) is 4. The highest BCUT2D eigenvalue weighted by molar-refractivity contribution is 7.23. The summed E-state index contributed by atoms with van der Waals surface area (Å²) in [5.74, 6) is -0.215. The van der Waals surface area contributed by atoms with E-state index in [-0.39, 0.29) is 11.7 Å². The van der Waals surface area contributed by atoms with Crippen LogP contribution in [0.1, 0.15) is 38.8 Å². The Hall–Kier alpha value is -3.02. The number of carbonyl (C=O) groups is 2. The molecular formula is C24H19ClN2O2S. The van der Waals surface area contributed by atoms with Crippen LogP contribution in [0.4, 0.5) is 5.13 Å². The number of amides is 1. The summed E-state index contributed by atoms with van der Waals surface area (Å²) in [7, 11) is 0. The number of nitrogens with zero attached hydrogens (tertiary/aromatic N) is 2. The van der Waals surface area contributed by atoms with Crippen LogP contribution in [0.5, 0.6) is 0 Å². The van der Waals surface area contributed by atoms with E-state index in [0.717, 1.165) is 21.3 Å². The average Bonchev–Trinajstić information content (AvgIpc) is 3.21. The molecule has 4 aromatic rings. The van der Waals surface area contributed by atoms with Gasteiger partial charge in [0.1, 0.15) is 0 Å². The van der Waals surface area contributed by atoms with E-state index >= 15 is 0 Å². The summed E-state index contributed by atoms with van der Waals surface area (Å²) < 4.78 is 0.865. The van der Waals surface area contributed by atoms with Crippen molar-refractivity contribution in [2.75, 3.05) is 4.90 Å². The molecule has 0 aliphatic rings. The number of thiazole rings is 1. The van der Waals surface area contributed by atoms with Crippen LogP contribution in [0.3, 0.4) is 0 Å². The number of fused-ring (bicyclic) bond motifs is 1. The van der Waals surface area contributed by atoms with E-state index in [4.69, 9.17) is 16.6 Å². The van der Waals surface area contributed by atoms with E-state index in [1.165, 1.54) is 18.3 Å². The molecule has 6 heteroatoms. The van der Waals surface area contributed by atoms with Crippen LogP contribution in [0.15, 0.2) is 66.7 Å². The summed E-state index contributed by atoms with van der Waals surface area (Å²) in [5, 5.41) is 1.21. The number of anilines is 1. The third-order valence-electron chi connectivity index (χ3n) is 4.88. The van der Waals surface area contributed by atoms with Gasteiger partial charge in [-0.3, -0.25) is 14.5 Å². The van der Waals surface area contributed by atoms with Crippen LogP contribution in [-0.2, 0) is 6.54 Å². The average molecular weight is 435 g/mol. The maximum absolute atomic E-state index is 13.5. The van der Waals surface area contributed by atoms with Crippen molar-refractivity contribution in [3.63, 3.8) is 0 Å². The first-order valence-electron chi connectivity index (χ1n) is 9.46. The molecule has 0 atom stereocenters. The molecule has 0 unspecified atom stereocenters. The van der Waals surface area contributed by atoms with Crippen molar-refractivity contribution in [3.8, 4) is 0 Å². The molecule has 0 N–H and O–H groups in total. The third-order valence-corrected chi connectivity index (χ3v) is 6.42. The molecule has 1 heterocycles. The Bertz CT molecular complexity index is 1190. The van der Waals surface area contributed by atoms with Crippen LogP contribution in [0.25, 0.3) is 10.2 Å². The van der Waals surface area contributed by atoms with Crippen LogP contribution in [0.2, 0.25) is 5.02 Å². The molecule has 0 aliphatic carbocycles. The lowest BCUT2D eigenvalue weighted by atomic mass is 10.1. The fourth-order valence-corrected chi connectivity index (χ4v) is 4.52. The van der Waals surface area contributed by atoms with E-state index in [9.17, 15) is 9.59 Å². The van der Waals surface area contributed by atoms with E-state index in [0.29, 0.717) is 27.8 Å². The Morgan fingerprint density at radius 2 is 1.63 bits per heavy atom. The van der Waals surface area contributed by atoms with E-state index < -0.39 is 0 Å². The third kappa shape index (κ3) is 3.99. The number of Topliss-reactive ketones (excluding diaryl/α,β-unsaturated/α-hetero) is 1. The lowest BCUT2D eigenvalue weighted by Crippen LogP contribution is -2.30. The predicted octanol–water partition coefficient (Wildman–Crippen LogP) is 6.31. The summed E-state index contributed by atoms with van der Waals surface area (Å²) in [6, 6.07) is 20.3. The molecule has 1 aromatic heterocycles. The molecule has 0 aliphatic heterocycles. The summed E-state index contributed by atoms with van der Waals surface area (Å²) in [5.41, 5.74) is 3.88. The zero-order chi connectivity index (χ0) is 21.3. The van der Waals surface area contributed by atoms with Crippen molar-refractivity contribution in [2.24, 2.45) is 0 Å². The topological polar surface area (TPSA) is 50.3 Å². The highest BCUT2D eigenvalue weighted by Crippen LogP contribution is 2.36. The summed E-state index contributed by atoms with van der Waals surface area (Å²) in [4.78, 5) is 31.4. The Balaban J connectivity index is 1.78. The molecule has 0 spiro atoms. The van der Waals surface area contributed by atoms with Crippen LogP contribution in [-0.4, -0.2) is 16.7 Å². The van der Waals surface area contributed by atoms with E-state index in [1.54, 1.807) is 29.2 Å². The lowest BCUT2D eigenvalue weighted by Gasteiger charge is -2.20. The molecule has 0 radical (unpaired) electrons. The van der Waals surface area contributed by atoms with E-state index in [2.05, 4.69) is 0 Å². The van der Waals surface area contributed by atoms with Gasteiger partial charge in [0.05, 0.1) is 21.8 Å². The van der Waals surface area contributed by atoms with Gasteiger partial charge in [-0.1, -0.05) is 71.5 Å². The van der Waals surface area contributed by atoms with Gasteiger partial charge in [0.25, 0.3) is 5.91 Å².